The van der Waals surface area contributed by atoms with Crippen LogP contribution in [0.3, 0.4) is 0 Å². The molecule has 13 heavy (non-hydrogen) atoms. The van der Waals surface area contributed by atoms with Gasteiger partial charge < -0.3 is 8.23 Å². The predicted molar refractivity (Wildman–Crippen MR) is 73.7 cm³/mol. The van der Waals surface area contributed by atoms with E-state index in [0.29, 0.717) is 0 Å². The van der Waals surface area contributed by atoms with E-state index in [4.69, 9.17) is 8.23 Å². The Morgan fingerprint density at radius 1 is 0.923 bits per heavy atom. The summed E-state index contributed by atoms with van der Waals surface area (Å²) in [5.41, 5.74) is 0. The maximum absolute atomic E-state index is 5.33. The quantitative estimate of drug-likeness (QED) is 0.628. The second-order valence-corrected chi connectivity index (χ2v) is 12.2. The Morgan fingerprint density at radius 2 is 1.38 bits per heavy atom. The summed E-state index contributed by atoms with van der Waals surface area (Å²) in [7, 11) is 0.689. The maximum atomic E-state index is 5.33. The standard InChI is InChI=1S/C4H14OSi2.C3H12OSi2/c1-3-7(4-2)5-6;1-3-6(2)4-5/h7H,3-4H2,1-2,6H3;6H,3H2,1-2,5H3. The van der Waals surface area contributed by atoms with Crippen LogP contribution >= 0.6 is 0 Å². The minimum atomic E-state index is -0.610. The van der Waals surface area contributed by atoms with Crippen molar-refractivity contribution in [3.05, 3.63) is 0 Å². The molecular formula is C7H26O2Si4. The summed E-state index contributed by atoms with van der Waals surface area (Å²) < 4.78 is 10.5. The topological polar surface area (TPSA) is 18.5 Å². The van der Waals surface area contributed by atoms with Crippen molar-refractivity contribution >= 4 is 39.1 Å². The molecule has 0 amide bonds. The summed E-state index contributed by atoms with van der Waals surface area (Å²) in [4.78, 5) is 0. The fraction of sp³-hybridized carbons (Fsp3) is 1.00. The molecule has 0 fully saturated rings. The lowest BCUT2D eigenvalue weighted by molar-refractivity contribution is 0.629. The van der Waals surface area contributed by atoms with Gasteiger partial charge in [0.25, 0.3) is 0 Å². The van der Waals surface area contributed by atoms with E-state index in [1.54, 1.807) is 0 Å². The summed E-state index contributed by atoms with van der Waals surface area (Å²) in [6.45, 7) is 8.86. The van der Waals surface area contributed by atoms with Gasteiger partial charge in [0.1, 0.15) is 21.0 Å². The molecule has 0 aromatic carbocycles. The van der Waals surface area contributed by atoms with Crippen LogP contribution in [0.2, 0.25) is 24.7 Å². The molecule has 1 unspecified atom stereocenters. The molecule has 6 heteroatoms. The van der Waals surface area contributed by atoms with Crippen LogP contribution in [0.5, 0.6) is 0 Å². The van der Waals surface area contributed by atoms with Crippen LogP contribution in [0.1, 0.15) is 20.8 Å². The molecule has 0 radical (unpaired) electrons. The Kier molecular flexibility index (Phi) is 16.0. The van der Waals surface area contributed by atoms with Crippen LogP contribution in [0, 0.1) is 0 Å². The zero-order chi connectivity index (χ0) is 10.7. The first-order valence-corrected chi connectivity index (χ1v) is 11.4. The van der Waals surface area contributed by atoms with Gasteiger partial charge in [0, 0.05) is 0 Å². The van der Waals surface area contributed by atoms with E-state index in [1.807, 2.05) is 0 Å². The van der Waals surface area contributed by atoms with E-state index in [-0.39, 0.29) is 0 Å². The molecule has 0 spiro atoms. The van der Waals surface area contributed by atoms with Crippen LogP contribution in [0.25, 0.3) is 0 Å². The van der Waals surface area contributed by atoms with Crippen molar-refractivity contribution in [1.29, 1.82) is 0 Å². The molecule has 0 heterocycles. The summed E-state index contributed by atoms with van der Waals surface area (Å²) in [6.07, 6.45) is 0. The van der Waals surface area contributed by atoms with Gasteiger partial charge in [-0.15, -0.1) is 0 Å². The largest absolute Gasteiger partial charge is 0.466 e. The molecule has 2 nitrogen and oxygen atoms in total. The highest BCUT2D eigenvalue weighted by Crippen LogP contribution is 1.95. The summed E-state index contributed by atoms with van der Waals surface area (Å²) in [6, 6.07) is 3.89. The van der Waals surface area contributed by atoms with Crippen molar-refractivity contribution in [3.63, 3.8) is 0 Å². The van der Waals surface area contributed by atoms with Gasteiger partial charge in [0.2, 0.25) is 0 Å². The molecule has 0 N–H and O–H groups in total. The lowest BCUT2D eigenvalue weighted by Crippen LogP contribution is -2.12. The van der Waals surface area contributed by atoms with Gasteiger partial charge >= 0.3 is 0 Å². The Morgan fingerprint density at radius 3 is 1.38 bits per heavy atom. The minimum absolute atomic E-state index is 0.599. The summed E-state index contributed by atoms with van der Waals surface area (Å²) >= 11 is 0. The Balaban J connectivity index is 0. The highest BCUT2D eigenvalue weighted by molar-refractivity contribution is 6.55. The summed E-state index contributed by atoms with van der Waals surface area (Å²) in [5, 5.41) is 0. The molecule has 0 saturated heterocycles. The van der Waals surface area contributed by atoms with E-state index in [9.17, 15) is 0 Å². The van der Waals surface area contributed by atoms with Crippen LogP contribution in [-0.2, 0) is 8.23 Å². The van der Waals surface area contributed by atoms with Crippen molar-refractivity contribution in [3.8, 4) is 0 Å². The Labute approximate surface area is 93.0 Å². The van der Waals surface area contributed by atoms with Crippen molar-refractivity contribution in [1.82, 2.24) is 0 Å². The third-order valence-corrected chi connectivity index (χ3v) is 11.1. The van der Waals surface area contributed by atoms with E-state index in [1.165, 1.54) is 18.1 Å². The van der Waals surface area contributed by atoms with Gasteiger partial charge in [0.05, 0.1) is 0 Å². The number of hydrogen-bond donors (Lipinski definition) is 0. The van der Waals surface area contributed by atoms with E-state index in [2.05, 4.69) is 27.3 Å². The third-order valence-electron chi connectivity index (χ3n) is 2.22. The Hall–Kier alpha value is 0.788. The molecule has 0 aromatic heterocycles. The first-order valence-electron chi connectivity index (χ1n) is 5.21. The van der Waals surface area contributed by atoms with Crippen molar-refractivity contribution < 1.29 is 8.23 Å². The van der Waals surface area contributed by atoms with E-state index >= 15 is 0 Å². The maximum Gasteiger partial charge on any atom is 0.161 e. The molecule has 1 atom stereocenters. The fourth-order valence-corrected chi connectivity index (χ4v) is 5.37. The van der Waals surface area contributed by atoms with Gasteiger partial charge in [-0.05, 0) is 24.7 Å². The van der Waals surface area contributed by atoms with Gasteiger partial charge in [-0.3, -0.25) is 0 Å². The Bertz CT molecular complexity index is 81.1. The fourth-order valence-electron chi connectivity index (χ4n) is 0.789. The number of hydrogen-bond acceptors (Lipinski definition) is 2. The second-order valence-electron chi connectivity index (χ2n) is 3.13. The van der Waals surface area contributed by atoms with Gasteiger partial charge in [-0.25, -0.2) is 0 Å². The average Bonchev–Trinajstić information content (AvgIpc) is 2.20. The van der Waals surface area contributed by atoms with Crippen molar-refractivity contribution in [2.24, 2.45) is 0 Å². The molecule has 0 aliphatic rings. The van der Waals surface area contributed by atoms with Gasteiger partial charge in [-0.1, -0.05) is 20.8 Å². The van der Waals surface area contributed by atoms with Crippen molar-refractivity contribution in [2.45, 2.75) is 45.5 Å². The lowest BCUT2D eigenvalue weighted by atomic mass is 11.0. The molecule has 0 aromatic rings. The molecule has 0 aliphatic carbocycles. The van der Waals surface area contributed by atoms with Gasteiger partial charge in [0.15, 0.2) is 18.1 Å². The van der Waals surface area contributed by atoms with Crippen LogP contribution in [-0.4, -0.2) is 39.1 Å². The summed E-state index contributed by atoms with van der Waals surface area (Å²) in [5.74, 6) is 0. The number of rotatable bonds is 5. The van der Waals surface area contributed by atoms with Crippen LogP contribution in [0.4, 0.5) is 0 Å². The smallest absolute Gasteiger partial charge is 0.161 e. The highest BCUT2D eigenvalue weighted by Gasteiger charge is 1.99. The molecule has 0 rings (SSSR count). The first-order chi connectivity index (χ1) is 6.15. The molecule has 82 valence electrons. The zero-order valence-electron chi connectivity index (χ0n) is 10.1. The highest BCUT2D eigenvalue weighted by atomic mass is 28.3. The van der Waals surface area contributed by atoms with E-state index < -0.39 is 18.1 Å². The SMILES string of the molecule is CC[SiH](C)O[SiH3].CC[SiH](CC)O[SiH3]. The van der Waals surface area contributed by atoms with Crippen LogP contribution in [0.15, 0.2) is 0 Å². The molecule has 0 bridgehead atoms. The normalized spacial score (nSPS) is 12.7. The monoisotopic (exact) mass is 254 g/mol. The average molecular weight is 255 g/mol. The second kappa shape index (κ2) is 12.8. The lowest BCUT2D eigenvalue weighted by Gasteiger charge is -2.05. The molecule has 0 aliphatic heterocycles. The zero-order valence-corrected chi connectivity index (χ0v) is 16.4. The van der Waals surface area contributed by atoms with Crippen LogP contribution < -0.4 is 0 Å². The van der Waals surface area contributed by atoms with Crippen molar-refractivity contribution in [2.75, 3.05) is 0 Å². The first kappa shape index (κ1) is 16.2. The van der Waals surface area contributed by atoms with Gasteiger partial charge in [-0.2, -0.15) is 0 Å². The predicted octanol–water partition coefficient (Wildman–Crippen LogP) is -0.296. The molecular weight excluding hydrogens is 228 g/mol. The molecule has 0 saturated carbocycles. The minimum Gasteiger partial charge on any atom is -0.466 e. The third kappa shape index (κ3) is 12.8. The van der Waals surface area contributed by atoms with E-state index in [0.717, 1.165) is 21.0 Å².